The second kappa shape index (κ2) is 11.8. The Labute approximate surface area is 250 Å². The maximum Gasteiger partial charge on any atom is 0.472 e. The predicted molar refractivity (Wildman–Crippen MR) is 144 cm³/mol. The third-order valence-electron chi connectivity index (χ3n) is 7.04. The third-order valence-corrected chi connectivity index (χ3v) is 8.54. The fraction of sp³-hybridized carbons (Fsp3) is 0.500. The van der Waals surface area contributed by atoms with Crippen LogP contribution in [-0.2, 0) is 32.2 Å². The maximum absolute atomic E-state index is 13.0. The highest BCUT2D eigenvalue weighted by Gasteiger charge is 2.52. The molecule has 4 aromatic heterocycles. The van der Waals surface area contributed by atoms with Gasteiger partial charge in [0, 0.05) is 0 Å². The summed E-state index contributed by atoms with van der Waals surface area (Å²) in [6.45, 7) is -1.63. The molecule has 6 rings (SSSR count). The van der Waals surface area contributed by atoms with E-state index in [9.17, 15) is 39.1 Å². The average Bonchev–Trinajstić information content (AvgIpc) is 3.73. The molecule has 0 saturated carbocycles. The van der Waals surface area contributed by atoms with Crippen LogP contribution in [0.1, 0.15) is 12.5 Å². The fourth-order valence-electron chi connectivity index (χ4n) is 5.04. The molecule has 244 valence electrons. The van der Waals surface area contributed by atoms with E-state index in [0.29, 0.717) is 0 Å². The summed E-state index contributed by atoms with van der Waals surface area (Å²) in [5.74, 6) is 0.0414. The molecule has 0 bridgehead atoms. The molecule has 23 nitrogen and oxygen atoms in total. The number of anilines is 2. The van der Waals surface area contributed by atoms with Gasteiger partial charge in [0.15, 0.2) is 35.4 Å². The number of aliphatic hydroxyl groups excluding tert-OH is 3. The zero-order valence-electron chi connectivity index (χ0n) is 22.5. The summed E-state index contributed by atoms with van der Waals surface area (Å²) >= 11 is 0. The van der Waals surface area contributed by atoms with Gasteiger partial charge in [-0.05, 0) is 0 Å². The quantitative estimate of drug-likeness (QED) is 0.0793. The molecule has 1 unspecified atom stereocenters. The van der Waals surface area contributed by atoms with E-state index in [1.165, 1.54) is 15.5 Å². The summed E-state index contributed by atoms with van der Waals surface area (Å²) in [6.07, 6.45) is -7.84. The summed E-state index contributed by atoms with van der Waals surface area (Å²) in [7, 11) is -10.3. The molecule has 2 aliphatic heterocycles. The van der Waals surface area contributed by atoms with Crippen LogP contribution in [0.3, 0.4) is 0 Å². The number of nitrogens with two attached hydrogens (primary N) is 2. The molecule has 25 heteroatoms. The van der Waals surface area contributed by atoms with Crippen LogP contribution in [0.15, 0.2) is 25.3 Å². The molecule has 0 spiro atoms. The van der Waals surface area contributed by atoms with Crippen molar-refractivity contribution in [1.29, 1.82) is 0 Å². The fourth-order valence-corrected chi connectivity index (χ4v) is 6.55. The summed E-state index contributed by atoms with van der Waals surface area (Å²) in [5.41, 5.74) is 12.1. The number of fused-ring (bicyclic) bond motifs is 2. The minimum Gasteiger partial charge on any atom is -0.394 e. The van der Waals surface area contributed by atoms with Gasteiger partial charge in [0.1, 0.15) is 60.3 Å². The van der Waals surface area contributed by atoms with E-state index in [0.717, 1.165) is 19.0 Å². The first-order valence-corrected chi connectivity index (χ1v) is 15.8. The van der Waals surface area contributed by atoms with Crippen molar-refractivity contribution < 1.29 is 62.2 Å². The van der Waals surface area contributed by atoms with Crippen LogP contribution in [0.2, 0.25) is 0 Å². The van der Waals surface area contributed by atoms with Gasteiger partial charge in [-0.25, -0.2) is 39.0 Å². The molecule has 9 atom stereocenters. The summed E-state index contributed by atoms with van der Waals surface area (Å²) < 4.78 is 53.5. The number of nitrogens with zero attached hydrogens (tertiary/aromatic N) is 8. The third kappa shape index (κ3) is 6.02. The number of hydrogen-bond donors (Lipinski definition) is 8. The van der Waals surface area contributed by atoms with Gasteiger partial charge in [-0.3, -0.25) is 22.7 Å². The molecule has 0 aromatic carbocycles. The zero-order valence-corrected chi connectivity index (χ0v) is 24.3. The van der Waals surface area contributed by atoms with Crippen LogP contribution in [-0.4, -0.2) is 119 Å². The molecule has 0 amide bonds. The Hall–Kier alpha value is -3.28. The predicted octanol–water partition coefficient (Wildman–Crippen LogP) is -2.68. The first-order valence-electron chi connectivity index (χ1n) is 12.8. The van der Waals surface area contributed by atoms with Gasteiger partial charge in [0.05, 0.1) is 25.9 Å². The Balaban J connectivity index is 1.18. The lowest BCUT2D eigenvalue weighted by molar-refractivity contribution is -0.0582. The van der Waals surface area contributed by atoms with Crippen molar-refractivity contribution in [2.75, 3.05) is 24.7 Å². The Morgan fingerprint density at radius 2 is 1.33 bits per heavy atom. The van der Waals surface area contributed by atoms with Gasteiger partial charge in [-0.2, -0.15) is 0 Å². The van der Waals surface area contributed by atoms with Crippen LogP contribution in [0.4, 0.5) is 11.6 Å². The van der Waals surface area contributed by atoms with E-state index >= 15 is 0 Å². The molecule has 2 aliphatic rings. The van der Waals surface area contributed by atoms with E-state index in [-0.39, 0.29) is 34.0 Å². The van der Waals surface area contributed by atoms with Crippen LogP contribution < -0.4 is 11.5 Å². The molecular weight excluding hydrogens is 650 g/mol. The molecular formula is C20H26N10O13P2. The minimum absolute atomic E-state index is 0.0110. The number of nitrogen functional groups attached to an aromatic ring is 2. The number of imidazole rings is 2. The molecule has 4 aromatic rings. The van der Waals surface area contributed by atoms with Gasteiger partial charge in [-0.15, -0.1) is 0 Å². The molecule has 0 aliphatic carbocycles. The molecule has 0 radical (unpaired) electrons. The number of ether oxygens (including phenoxy) is 2. The van der Waals surface area contributed by atoms with Crippen LogP contribution >= 0.6 is 15.6 Å². The van der Waals surface area contributed by atoms with Gasteiger partial charge in [-0.1, -0.05) is 0 Å². The summed E-state index contributed by atoms with van der Waals surface area (Å²) in [6, 6.07) is 0. The minimum atomic E-state index is -5.21. The van der Waals surface area contributed by atoms with Crippen LogP contribution in [0.5, 0.6) is 0 Å². The Bertz CT molecular complexity index is 1800. The number of hydrogen-bond acceptors (Lipinski definition) is 18. The Morgan fingerprint density at radius 3 is 1.89 bits per heavy atom. The largest absolute Gasteiger partial charge is 0.472 e. The van der Waals surface area contributed by atoms with E-state index in [1.807, 2.05) is 0 Å². The first-order chi connectivity index (χ1) is 21.3. The molecule has 10 N–H and O–H groups in total. The first kappa shape index (κ1) is 31.7. The molecule has 2 saturated heterocycles. The lowest BCUT2D eigenvalue weighted by atomic mass is 10.1. The Morgan fingerprint density at radius 1 is 0.778 bits per heavy atom. The lowest BCUT2D eigenvalue weighted by Gasteiger charge is -2.23. The number of aliphatic hydroxyl groups is 3. The Kier molecular flexibility index (Phi) is 8.33. The van der Waals surface area contributed by atoms with E-state index < -0.39 is 77.9 Å². The summed E-state index contributed by atoms with van der Waals surface area (Å²) in [4.78, 5) is 53.2. The van der Waals surface area contributed by atoms with Gasteiger partial charge in [0.2, 0.25) is 0 Å². The van der Waals surface area contributed by atoms with E-state index in [2.05, 4.69) is 29.9 Å². The van der Waals surface area contributed by atoms with Crippen molar-refractivity contribution in [2.45, 2.75) is 49.1 Å². The average molecular weight is 676 g/mol. The highest BCUT2D eigenvalue weighted by atomic mass is 31.2. The monoisotopic (exact) mass is 676 g/mol. The van der Waals surface area contributed by atoms with Crippen molar-refractivity contribution in [3.63, 3.8) is 0 Å². The maximum atomic E-state index is 13.0. The molecule has 6 heterocycles. The lowest BCUT2D eigenvalue weighted by Crippen LogP contribution is -2.37. The van der Waals surface area contributed by atoms with Gasteiger partial charge in [0.25, 0.3) is 0 Å². The van der Waals surface area contributed by atoms with E-state index in [4.69, 9.17) is 34.5 Å². The standard InChI is InChI=1S/C20H26N10O13P2/c21-15-9-17(25-3-23-15)29(5-27-9)19-12(33)13(7(1-31)40-19)43-45(37,38)39-2-8-11(32)14(42-44(34,35)36)20(41-8)30-6-28-10-16(22)24-4-26-18(10)30/h3-8,11-14,19-20,31-33H,1-2H2,(H,37,38)(H2,21,23,25)(H2,22,24,26)(H2,34,35,36)/t7-,8-,11-,12-,13-,14-,19-,20-/m1/s1. The number of phosphoric acid groups is 2. The topological polar surface area (TPSA) is 341 Å². The van der Waals surface area contributed by atoms with Crippen molar-refractivity contribution in [1.82, 2.24) is 39.0 Å². The summed E-state index contributed by atoms with van der Waals surface area (Å²) in [5, 5.41) is 31.7. The second-order valence-electron chi connectivity index (χ2n) is 9.85. The number of aromatic nitrogens is 8. The zero-order chi connectivity index (χ0) is 32.3. The van der Waals surface area contributed by atoms with Crippen LogP contribution in [0.25, 0.3) is 22.3 Å². The van der Waals surface area contributed by atoms with E-state index in [1.54, 1.807) is 0 Å². The van der Waals surface area contributed by atoms with Crippen molar-refractivity contribution >= 4 is 49.6 Å². The SMILES string of the molecule is Nc1ncnc2c1ncn2[C@@H]1O[C@H](CO)[C@@H](OP(=O)(O)OC[C@H]2O[C@@H](n3cnc4c(N)ncnc43)[C@H](OP(=O)(O)O)[C@@H]2O)[C@H]1O. The van der Waals surface area contributed by atoms with Crippen molar-refractivity contribution in [3.05, 3.63) is 25.3 Å². The molecule has 45 heavy (non-hydrogen) atoms. The van der Waals surface area contributed by atoms with Crippen molar-refractivity contribution in [2.24, 2.45) is 0 Å². The highest BCUT2D eigenvalue weighted by molar-refractivity contribution is 7.47. The smallest absolute Gasteiger partial charge is 0.394 e. The normalized spacial score (nSPS) is 30.4. The highest BCUT2D eigenvalue weighted by Crippen LogP contribution is 2.50. The number of phosphoric ester groups is 2. The molecule has 2 fully saturated rings. The van der Waals surface area contributed by atoms with Crippen molar-refractivity contribution in [3.8, 4) is 0 Å². The van der Waals surface area contributed by atoms with Gasteiger partial charge < -0.3 is 50.9 Å². The number of rotatable bonds is 10. The second-order valence-corrected chi connectivity index (χ2v) is 12.5. The van der Waals surface area contributed by atoms with Crippen LogP contribution in [0, 0.1) is 0 Å². The van der Waals surface area contributed by atoms with Gasteiger partial charge >= 0.3 is 15.6 Å².